The number of benzene rings is 2. The lowest BCUT2D eigenvalue weighted by atomic mass is 10.2. The molecule has 7 nitrogen and oxygen atoms in total. The van der Waals surface area contributed by atoms with Crippen molar-refractivity contribution in [3.05, 3.63) is 65.9 Å². The fraction of sp³-hybridized carbons (Fsp3) is 0.273. The Hall–Kier alpha value is -3.32. The van der Waals surface area contributed by atoms with Crippen molar-refractivity contribution in [1.82, 2.24) is 15.4 Å². The van der Waals surface area contributed by atoms with Crippen LogP contribution >= 0.6 is 0 Å². The Morgan fingerprint density at radius 3 is 2.62 bits per heavy atom. The van der Waals surface area contributed by atoms with E-state index in [0.29, 0.717) is 23.5 Å². The summed E-state index contributed by atoms with van der Waals surface area (Å²) in [6.07, 6.45) is 3.96. The number of carbonyl (C=O) groups is 2. The van der Waals surface area contributed by atoms with E-state index in [1.165, 1.54) is 0 Å². The van der Waals surface area contributed by atoms with Gasteiger partial charge in [-0.25, -0.2) is 0 Å². The number of fused-ring (bicyclic) bond motifs is 1. The molecule has 1 aromatic heterocycles. The zero-order valence-electron chi connectivity index (χ0n) is 16.2. The number of rotatable bonds is 5. The molecule has 0 aliphatic carbocycles. The molecule has 2 N–H and O–H groups in total. The van der Waals surface area contributed by atoms with Crippen LogP contribution in [-0.2, 0) is 11.8 Å². The number of hydrogen-bond acceptors (Lipinski definition) is 4. The maximum atomic E-state index is 12.5. The molecule has 3 aromatic rings. The van der Waals surface area contributed by atoms with Gasteiger partial charge in [0.2, 0.25) is 0 Å². The minimum absolute atomic E-state index is 0.141. The third-order valence-corrected chi connectivity index (χ3v) is 5.01. The first-order valence-electron chi connectivity index (χ1n) is 9.61. The third kappa shape index (κ3) is 4.25. The molecule has 0 radical (unpaired) electrons. The van der Waals surface area contributed by atoms with Gasteiger partial charge in [-0.3, -0.25) is 20.4 Å². The van der Waals surface area contributed by atoms with E-state index < -0.39 is 5.91 Å². The highest BCUT2D eigenvalue weighted by Crippen LogP contribution is 2.20. The summed E-state index contributed by atoms with van der Waals surface area (Å²) < 4.78 is 13.1. The van der Waals surface area contributed by atoms with Crippen LogP contribution in [0.2, 0.25) is 0 Å². The molecule has 1 aliphatic heterocycles. The molecule has 2 heterocycles. The van der Waals surface area contributed by atoms with E-state index in [1.54, 1.807) is 30.5 Å². The quantitative estimate of drug-likeness (QED) is 0.653. The van der Waals surface area contributed by atoms with Crippen molar-refractivity contribution in [2.24, 2.45) is 7.05 Å². The monoisotopic (exact) mass is 393 g/mol. The van der Waals surface area contributed by atoms with E-state index in [0.717, 1.165) is 30.4 Å². The second kappa shape index (κ2) is 8.36. The number of hydrazine groups is 1. The third-order valence-electron chi connectivity index (χ3n) is 5.01. The maximum Gasteiger partial charge on any atom is 0.271 e. The van der Waals surface area contributed by atoms with Crippen molar-refractivity contribution in [2.75, 3.05) is 13.2 Å². The number of aryl methyl sites for hydroxylation is 1. The highest BCUT2D eigenvalue weighted by molar-refractivity contribution is 6.07. The number of ether oxygens (including phenoxy) is 2. The second-order valence-corrected chi connectivity index (χ2v) is 7.05. The zero-order chi connectivity index (χ0) is 20.2. The Balaban J connectivity index is 1.33. The summed E-state index contributed by atoms with van der Waals surface area (Å²) >= 11 is 0. The average Bonchev–Trinajstić information content (AvgIpc) is 3.39. The van der Waals surface area contributed by atoms with Gasteiger partial charge in [0.05, 0.1) is 11.7 Å². The van der Waals surface area contributed by atoms with E-state index >= 15 is 0 Å². The number of amides is 2. The topological polar surface area (TPSA) is 81.6 Å². The summed E-state index contributed by atoms with van der Waals surface area (Å²) in [5, 5.41) is 0.828. The second-order valence-electron chi connectivity index (χ2n) is 7.05. The number of nitrogens with zero attached hydrogens (tertiary/aromatic N) is 1. The van der Waals surface area contributed by atoms with Gasteiger partial charge >= 0.3 is 0 Å². The minimum atomic E-state index is -0.399. The van der Waals surface area contributed by atoms with Crippen molar-refractivity contribution in [3.8, 4) is 5.75 Å². The summed E-state index contributed by atoms with van der Waals surface area (Å²) in [6, 6.07) is 14.4. The lowest BCUT2D eigenvalue weighted by molar-refractivity contribution is 0.0679. The molecular formula is C22H23N3O4. The van der Waals surface area contributed by atoms with Gasteiger partial charge in [-0.2, -0.15) is 0 Å². The van der Waals surface area contributed by atoms with E-state index in [1.807, 2.05) is 35.9 Å². The molecule has 150 valence electrons. The summed E-state index contributed by atoms with van der Waals surface area (Å²) in [5.74, 6) is -0.0900. The summed E-state index contributed by atoms with van der Waals surface area (Å²) in [7, 11) is 1.88. The Labute approximate surface area is 168 Å². The smallest absolute Gasteiger partial charge is 0.271 e. The summed E-state index contributed by atoms with van der Waals surface area (Å²) in [6.45, 7) is 1.30. The van der Waals surface area contributed by atoms with Crippen LogP contribution < -0.4 is 15.6 Å². The first-order chi connectivity index (χ1) is 14.1. The van der Waals surface area contributed by atoms with Gasteiger partial charge in [-0.15, -0.1) is 0 Å². The normalized spacial score (nSPS) is 16.0. The number of para-hydroxylation sites is 1. The van der Waals surface area contributed by atoms with Crippen molar-refractivity contribution >= 4 is 22.7 Å². The molecule has 29 heavy (non-hydrogen) atoms. The van der Waals surface area contributed by atoms with E-state index in [-0.39, 0.29) is 12.0 Å². The molecule has 1 fully saturated rings. The van der Waals surface area contributed by atoms with Crippen LogP contribution in [0, 0.1) is 0 Å². The van der Waals surface area contributed by atoms with Gasteiger partial charge < -0.3 is 14.0 Å². The molecular weight excluding hydrogens is 370 g/mol. The van der Waals surface area contributed by atoms with Gasteiger partial charge in [0.1, 0.15) is 12.4 Å². The summed E-state index contributed by atoms with van der Waals surface area (Å²) in [4.78, 5) is 24.8. The summed E-state index contributed by atoms with van der Waals surface area (Å²) in [5.41, 5.74) is 6.81. The van der Waals surface area contributed by atoms with Crippen molar-refractivity contribution in [1.29, 1.82) is 0 Å². The van der Waals surface area contributed by atoms with Gasteiger partial charge in [-0.1, -0.05) is 18.2 Å². The van der Waals surface area contributed by atoms with Crippen molar-refractivity contribution in [3.63, 3.8) is 0 Å². The van der Waals surface area contributed by atoms with Gasteiger partial charge in [0.15, 0.2) is 0 Å². The predicted molar refractivity (Wildman–Crippen MR) is 109 cm³/mol. The van der Waals surface area contributed by atoms with Crippen LogP contribution in [0.3, 0.4) is 0 Å². The number of nitrogens with one attached hydrogen (secondary N) is 2. The highest BCUT2D eigenvalue weighted by Gasteiger charge is 2.17. The number of hydrogen-bond donors (Lipinski definition) is 2. The Bertz CT molecular complexity index is 1020. The fourth-order valence-corrected chi connectivity index (χ4v) is 3.44. The molecule has 4 rings (SSSR count). The molecule has 1 unspecified atom stereocenters. The van der Waals surface area contributed by atoms with Gasteiger partial charge in [-0.05, 0) is 43.2 Å². The standard InChI is InChI=1S/C22H23N3O4/c1-25-13-19(18-6-2-3-7-20(18)25)22(27)24-23-21(26)15-8-10-16(11-9-15)29-14-17-5-4-12-28-17/h2-3,6-11,13,17H,4-5,12,14H2,1H3,(H,23,26)(H,24,27). The molecule has 0 bridgehead atoms. The molecule has 2 aromatic carbocycles. The molecule has 1 atom stereocenters. The largest absolute Gasteiger partial charge is 0.491 e. The van der Waals surface area contributed by atoms with Crippen LogP contribution in [-0.4, -0.2) is 35.7 Å². The predicted octanol–water partition coefficient (Wildman–Crippen LogP) is 2.81. The Morgan fingerprint density at radius 2 is 1.86 bits per heavy atom. The first-order valence-corrected chi connectivity index (χ1v) is 9.61. The molecule has 1 aliphatic rings. The van der Waals surface area contributed by atoms with E-state index in [2.05, 4.69) is 10.9 Å². The molecule has 1 saturated heterocycles. The number of aromatic nitrogens is 1. The van der Waals surface area contributed by atoms with Crippen molar-refractivity contribution in [2.45, 2.75) is 18.9 Å². The van der Waals surface area contributed by atoms with Gasteiger partial charge in [0, 0.05) is 36.3 Å². The maximum absolute atomic E-state index is 12.5. The fourth-order valence-electron chi connectivity index (χ4n) is 3.44. The Morgan fingerprint density at radius 1 is 1.10 bits per heavy atom. The van der Waals surface area contributed by atoms with Crippen LogP contribution in [0.4, 0.5) is 0 Å². The highest BCUT2D eigenvalue weighted by atomic mass is 16.5. The van der Waals surface area contributed by atoms with Gasteiger partial charge in [0.25, 0.3) is 11.8 Å². The molecule has 0 spiro atoms. The average molecular weight is 393 g/mol. The first kappa shape index (κ1) is 19.0. The van der Waals surface area contributed by atoms with Crippen LogP contribution in [0.1, 0.15) is 33.6 Å². The van der Waals surface area contributed by atoms with E-state index in [9.17, 15) is 9.59 Å². The van der Waals surface area contributed by atoms with Crippen molar-refractivity contribution < 1.29 is 19.1 Å². The number of carbonyl (C=O) groups excluding carboxylic acids is 2. The lowest BCUT2D eigenvalue weighted by Crippen LogP contribution is -2.41. The van der Waals surface area contributed by atoms with Crippen LogP contribution in [0.25, 0.3) is 10.9 Å². The molecule has 0 saturated carbocycles. The lowest BCUT2D eigenvalue weighted by Gasteiger charge is -2.12. The van der Waals surface area contributed by atoms with Crippen LogP contribution in [0.5, 0.6) is 5.75 Å². The van der Waals surface area contributed by atoms with E-state index in [4.69, 9.17) is 9.47 Å². The van der Waals surface area contributed by atoms with Crippen LogP contribution in [0.15, 0.2) is 54.7 Å². The SMILES string of the molecule is Cn1cc(C(=O)NNC(=O)c2ccc(OCC3CCCO3)cc2)c2ccccc21. The molecule has 2 amide bonds. The Kier molecular flexibility index (Phi) is 5.48. The molecule has 7 heteroatoms. The zero-order valence-corrected chi connectivity index (χ0v) is 16.2. The minimum Gasteiger partial charge on any atom is -0.491 e.